The standard InChI is InChI=1S/C13H15N5O2/c1-8-7-12(17-13(15-8)18-14)20-11-6-4-3-5-10(11)16-9(2)19/h3-7H,14H2,1-2H3,(H,16,19)(H,15,17,18). The number of nitrogens with two attached hydrogens (primary N) is 1. The van der Waals surface area contributed by atoms with Crippen LogP contribution in [0.2, 0.25) is 0 Å². The Kier molecular flexibility index (Phi) is 4.11. The van der Waals surface area contributed by atoms with Gasteiger partial charge in [-0.3, -0.25) is 10.2 Å². The summed E-state index contributed by atoms with van der Waals surface area (Å²) in [5.74, 6) is 6.20. The first-order valence-electron chi connectivity index (χ1n) is 5.95. The maximum Gasteiger partial charge on any atom is 0.240 e. The number of amides is 1. The molecule has 1 aromatic heterocycles. The van der Waals surface area contributed by atoms with Crippen molar-refractivity contribution >= 4 is 17.5 Å². The number of anilines is 2. The Bertz CT molecular complexity index is 630. The summed E-state index contributed by atoms with van der Waals surface area (Å²) in [6, 6.07) is 8.75. The SMILES string of the molecule is CC(=O)Nc1ccccc1Oc1cc(C)nc(NN)n1. The molecular formula is C13H15N5O2. The first-order chi connectivity index (χ1) is 9.58. The molecular weight excluding hydrogens is 258 g/mol. The van der Waals surface area contributed by atoms with Gasteiger partial charge in [0.25, 0.3) is 0 Å². The zero-order valence-corrected chi connectivity index (χ0v) is 11.2. The van der Waals surface area contributed by atoms with Crippen molar-refractivity contribution in [3.63, 3.8) is 0 Å². The maximum absolute atomic E-state index is 11.2. The molecule has 0 saturated heterocycles. The van der Waals surface area contributed by atoms with Crippen molar-refractivity contribution in [1.82, 2.24) is 9.97 Å². The first-order valence-corrected chi connectivity index (χ1v) is 5.95. The van der Waals surface area contributed by atoms with Crippen LogP contribution in [0, 0.1) is 6.92 Å². The van der Waals surface area contributed by atoms with Crippen molar-refractivity contribution in [2.24, 2.45) is 5.84 Å². The van der Waals surface area contributed by atoms with E-state index in [0.717, 1.165) is 0 Å². The first kappa shape index (κ1) is 13.8. The van der Waals surface area contributed by atoms with Crippen molar-refractivity contribution in [3.8, 4) is 11.6 Å². The lowest BCUT2D eigenvalue weighted by Crippen LogP contribution is -2.11. The van der Waals surface area contributed by atoms with Crippen molar-refractivity contribution in [1.29, 1.82) is 0 Å². The van der Waals surface area contributed by atoms with Gasteiger partial charge in [-0.25, -0.2) is 10.8 Å². The van der Waals surface area contributed by atoms with E-state index in [1.807, 2.05) is 0 Å². The number of carbonyl (C=O) groups is 1. The van der Waals surface area contributed by atoms with E-state index in [2.05, 4.69) is 20.7 Å². The number of hydrazine groups is 1. The topological polar surface area (TPSA) is 102 Å². The highest BCUT2D eigenvalue weighted by Crippen LogP contribution is 2.28. The van der Waals surface area contributed by atoms with Gasteiger partial charge in [-0.15, -0.1) is 0 Å². The van der Waals surface area contributed by atoms with E-state index in [1.165, 1.54) is 6.92 Å². The molecule has 0 aliphatic heterocycles. The summed E-state index contributed by atoms with van der Waals surface area (Å²) in [7, 11) is 0. The second kappa shape index (κ2) is 5.98. The number of nitrogens with one attached hydrogen (secondary N) is 2. The number of carbonyl (C=O) groups excluding carboxylic acids is 1. The highest BCUT2D eigenvalue weighted by Gasteiger charge is 2.08. The van der Waals surface area contributed by atoms with Gasteiger partial charge in [0.15, 0.2) is 5.75 Å². The van der Waals surface area contributed by atoms with Crippen LogP contribution in [0.3, 0.4) is 0 Å². The van der Waals surface area contributed by atoms with E-state index in [1.54, 1.807) is 37.3 Å². The number of hydrogen-bond donors (Lipinski definition) is 3. The summed E-state index contributed by atoms with van der Waals surface area (Å²) >= 11 is 0. The molecule has 104 valence electrons. The fraction of sp³-hybridized carbons (Fsp3) is 0.154. The number of hydrogen-bond acceptors (Lipinski definition) is 6. The molecule has 0 aliphatic carbocycles. The Labute approximate surface area is 116 Å². The highest BCUT2D eigenvalue weighted by atomic mass is 16.5. The summed E-state index contributed by atoms with van der Waals surface area (Å²) in [4.78, 5) is 19.3. The second-order valence-corrected chi connectivity index (χ2v) is 4.09. The largest absolute Gasteiger partial charge is 0.437 e. The average Bonchev–Trinajstić information content (AvgIpc) is 2.39. The number of benzene rings is 1. The Morgan fingerprint density at radius 3 is 2.75 bits per heavy atom. The van der Waals surface area contributed by atoms with Crippen LogP contribution in [-0.4, -0.2) is 15.9 Å². The molecule has 4 N–H and O–H groups in total. The predicted octanol–water partition coefficient (Wildman–Crippen LogP) is 1.82. The van der Waals surface area contributed by atoms with Crippen molar-refractivity contribution < 1.29 is 9.53 Å². The number of para-hydroxylation sites is 2. The third kappa shape index (κ3) is 3.42. The molecule has 1 aromatic carbocycles. The van der Waals surface area contributed by atoms with Crippen molar-refractivity contribution in [2.75, 3.05) is 10.7 Å². The lowest BCUT2D eigenvalue weighted by Gasteiger charge is -2.11. The van der Waals surface area contributed by atoms with Crippen LogP contribution in [0.4, 0.5) is 11.6 Å². The molecule has 2 aromatic rings. The predicted molar refractivity (Wildman–Crippen MR) is 75.4 cm³/mol. The lowest BCUT2D eigenvalue weighted by atomic mass is 10.3. The van der Waals surface area contributed by atoms with Gasteiger partial charge in [0.05, 0.1) is 5.69 Å². The zero-order chi connectivity index (χ0) is 14.5. The van der Waals surface area contributed by atoms with Crippen molar-refractivity contribution in [2.45, 2.75) is 13.8 Å². The van der Waals surface area contributed by atoms with E-state index >= 15 is 0 Å². The normalized spacial score (nSPS) is 9.95. The van der Waals surface area contributed by atoms with Gasteiger partial charge in [0.1, 0.15) is 0 Å². The maximum atomic E-state index is 11.2. The number of aryl methyl sites for hydroxylation is 1. The molecule has 0 atom stereocenters. The van der Waals surface area contributed by atoms with Gasteiger partial charge in [-0.2, -0.15) is 4.98 Å². The van der Waals surface area contributed by atoms with Crippen LogP contribution >= 0.6 is 0 Å². The number of nitrogens with zero attached hydrogens (tertiary/aromatic N) is 2. The molecule has 0 bridgehead atoms. The highest BCUT2D eigenvalue weighted by molar-refractivity contribution is 5.90. The average molecular weight is 273 g/mol. The van der Waals surface area contributed by atoms with E-state index in [-0.39, 0.29) is 11.9 Å². The smallest absolute Gasteiger partial charge is 0.240 e. The van der Waals surface area contributed by atoms with E-state index in [4.69, 9.17) is 10.6 Å². The molecule has 0 aliphatic rings. The van der Waals surface area contributed by atoms with E-state index in [0.29, 0.717) is 23.0 Å². The van der Waals surface area contributed by atoms with Crippen LogP contribution in [0.25, 0.3) is 0 Å². The third-order valence-electron chi connectivity index (χ3n) is 2.37. The zero-order valence-electron chi connectivity index (χ0n) is 11.2. The van der Waals surface area contributed by atoms with Gasteiger partial charge < -0.3 is 10.1 Å². The molecule has 0 fully saturated rings. The molecule has 7 heteroatoms. The fourth-order valence-corrected chi connectivity index (χ4v) is 1.62. The lowest BCUT2D eigenvalue weighted by molar-refractivity contribution is -0.114. The minimum absolute atomic E-state index is 0.177. The molecule has 7 nitrogen and oxygen atoms in total. The summed E-state index contributed by atoms with van der Waals surface area (Å²) < 4.78 is 5.67. The number of ether oxygens (including phenoxy) is 1. The Morgan fingerprint density at radius 2 is 2.05 bits per heavy atom. The van der Waals surface area contributed by atoms with Crippen LogP contribution in [-0.2, 0) is 4.79 Å². The third-order valence-corrected chi connectivity index (χ3v) is 2.37. The molecule has 2 rings (SSSR count). The molecule has 0 saturated carbocycles. The van der Waals surface area contributed by atoms with Gasteiger partial charge in [0.2, 0.25) is 17.7 Å². The monoisotopic (exact) mass is 273 g/mol. The summed E-state index contributed by atoms with van der Waals surface area (Å²) in [6.45, 7) is 3.23. The quantitative estimate of drug-likeness (QED) is 0.580. The van der Waals surface area contributed by atoms with Gasteiger partial charge in [0, 0.05) is 18.7 Å². The summed E-state index contributed by atoms with van der Waals surface area (Å²) in [5, 5.41) is 2.69. The molecule has 1 heterocycles. The Morgan fingerprint density at radius 1 is 1.30 bits per heavy atom. The second-order valence-electron chi connectivity index (χ2n) is 4.09. The minimum atomic E-state index is -0.177. The summed E-state index contributed by atoms with van der Waals surface area (Å²) in [6.07, 6.45) is 0. The molecule has 1 amide bonds. The van der Waals surface area contributed by atoms with E-state index in [9.17, 15) is 4.79 Å². The minimum Gasteiger partial charge on any atom is -0.437 e. The van der Waals surface area contributed by atoms with Crippen molar-refractivity contribution in [3.05, 3.63) is 36.0 Å². The van der Waals surface area contributed by atoms with Crippen LogP contribution in [0.15, 0.2) is 30.3 Å². The fourth-order valence-electron chi connectivity index (χ4n) is 1.62. The van der Waals surface area contributed by atoms with Gasteiger partial charge >= 0.3 is 0 Å². The number of rotatable bonds is 4. The van der Waals surface area contributed by atoms with Crippen LogP contribution in [0.1, 0.15) is 12.6 Å². The van der Waals surface area contributed by atoms with Gasteiger partial charge in [-0.05, 0) is 19.1 Å². The van der Waals surface area contributed by atoms with Crippen LogP contribution < -0.4 is 21.3 Å². The Hall–Kier alpha value is -2.67. The molecule has 0 radical (unpaired) electrons. The van der Waals surface area contributed by atoms with Gasteiger partial charge in [-0.1, -0.05) is 12.1 Å². The van der Waals surface area contributed by atoms with E-state index < -0.39 is 0 Å². The molecule has 0 unspecified atom stereocenters. The van der Waals surface area contributed by atoms with Crippen LogP contribution in [0.5, 0.6) is 11.6 Å². The number of aromatic nitrogens is 2. The molecule has 20 heavy (non-hydrogen) atoms. The number of nitrogen functional groups attached to an aromatic ring is 1. The molecule has 0 spiro atoms. The summed E-state index contributed by atoms with van der Waals surface area (Å²) in [5.41, 5.74) is 3.65. The Balaban J connectivity index is 2.30.